The van der Waals surface area contributed by atoms with Crippen LogP contribution in [0.4, 0.5) is 5.69 Å². The van der Waals surface area contributed by atoms with Gasteiger partial charge >= 0.3 is 0 Å². The SMILES string of the molecule is NCCc1ccc(NC(=O)c2ccc(O)c3[nH]c(-c4ccccc4)nc23)cc1. The lowest BCUT2D eigenvalue weighted by Gasteiger charge is -2.07. The molecule has 4 rings (SSSR count). The van der Waals surface area contributed by atoms with E-state index >= 15 is 0 Å². The van der Waals surface area contributed by atoms with Gasteiger partial charge in [0.05, 0.1) is 5.56 Å². The van der Waals surface area contributed by atoms with E-state index in [1.165, 1.54) is 6.07 Å². The lowest BCUT2D eigenvalue weighted by molar-refractivity contribution is 0.102. The fourth-order valence-corrected chi connectivity index (χ4v) is 3.11. The number of aromatic hydroxyl groups is 1. The number of aromatic nitrogens is 2. The van der Waals surface area contributed by atoms with Gasteiger partial charge in [-0.25, -0.2) is 4.98 Å². The molecule has 0 bridgehead atoms. The number of H-pyrrole nitrogens is 1. The van der Waals surface area contributed by atoms with Crippen molar-refractivity contribution < 1.29 is 9.90 Å². The summed E-state index contributed by atoms with van der Waals surface area (Å²) in [7, 11) is 0. The molecule has 6 nitrogen and oxygen atoms in total. The first-order chi connectivity index (χ1) is 13.7. The van der Waals surface area contributed by atoms with Crippen molar-refractivity contribution in [3.05, 3.63) is 77.9 Å². The Morgan fingerprint density at radius 2 is 1.79 bits per heavy atom. The zero-order valence-corrected chi connectivity index (χ0v) is 15.1. The summed E-state index contributed by atoms with van der Waals surface area (Å²) in [5.74, 6) is 0.354. The van der Waals surface area contributed by atoms with Crippen LogP contribution in [0, 0.1) is 0 Å². The Morgan fingerprint density at radius 3 is 2.50 bits per heavy atom. The predicted octanol–water partition coefficient (Wildman–Crippen LogP) is 3.69. The molecule has 0 aliphatic rings. The van der Waals surface area contributed by atoms with Crippen LogP contribution in [0.3, 0.4) is 0 Å². The second-order valence-corrected chi connectivity index (χ2v) is 6.50. The van der Waals surface area contributed by atoms with Crippen molar-refractivity contribution in [2.24, 2.45) is 5.73 Å². The van der Waals surface area contributed by atoms with Crippen LogP contribution < -0.4 is 11.1 Å². The Morgan fingerprint density at radius 1 is 1.04 bits per heavy atom. The highest BCUT2D eigenvalue weighted by Crippen LogP contribution is 2.29. The normalized spacial score (nSPS) is 10.9. The molecule has 5 N–H and O–H groups in total. The molecule has 1 heterocycles. The van der Waals surface area contributed by atoms with Crippen LogP contribution >= 0.6 is 0 Å². The summed E-state index contributed by atoms with van der Waals surface area (Å²) in [6.07, 6.45) is 0.794. The van der Waals surface area contributed by atoms with Gasteiger partial charge in [0.15, 0.2) is 0 Å². The molecule has 0 aliphatic carbocycles. The second kappa shape index (κ2) is 7.54. The lowest BCUT2D eigenvalue weighted by Crippen LogP contribution is -2.12. The number of nitrogens with zero attached hydrogens (tertiary/aromatic N) is 1. The average Bonchev–Trinajstić information content (AvgIpc) is 3.17. The number of nitrogens with one attached hydrogen (secondary N) is 2. The minimum absolute atomic E-state index is 0.0485. The van der Waals surface area contributed by atoms with Gasteiger partial charge in [0, 0.05) is 11.3 Å². The van der Waals surface area contributed by atoms with Crippen molar-refractivity contribution in [2.45, 2.75) is 6.42 Å². The lowest BCUT2D eigenvalue weighted by atomic mass is 10.1. The minimum Gasteiger partial charge on any atom is -0.506 e. The van der Waals surface area contributed by atoms with Gasteiger partial charge in [-0.05, 0) is 42.8 Å². The Labute approximate surface area is 162 Å². The number of hydrogen-bond donors (Lipinski definition) is 4. The number of fused-ring (bicyclic) bond motifs is 1. The van der Waals surface area contributed by atoms with Crippen molar-refractivity contribution in [1.29, 1.82) is 0 Å². The van der Waals surface area contributed by atoms with Crippen LogP contribution in [-0.4, -0.2) is 27.5 Å². The zero-order valence-electron chi connectivity index (χ0n) is 15.1. The molecular weight excluding hydrogens is 352 g/mol. The maximum absolute atomic E-state index is 12.8. The number of rotatable bonds is 5. The van der Waals surface area contributed by atoms with Gasteiger partial charge in [0.2, 0.25) is 0 Å². The van der Waals surface area contributed by atoms with E-state index in [4.69, 9.17) is 5.73 Å². The molecule has 0 spiro atoms. The van der Waals surface area contributed by atoms with E-state index in [9.17, 15) is 9.90 Å². The first-order valence-corrected chi connectivity index (χ1v) is 9.03. The van der Waals surface area contributed by atoms with Crippen LogP contribution in [0.15, 0.2) is 66.7 Å². The highest BCUT2D eigenvalue weighted by molar-refractivity contribution is 6.12. The Bertz CT molecular complexity index is 1120. The van der Waals surface area contributed by atoms with Gasteiger partial charge in [-0.15, -0.1) is 0 Å². The van der Waals surface area contributed by atoms with E-state index < -0.39 is 0 Å². The monoisotopic (exact) mass is 372 g/mol. The molecular formula is C22H20N4O2. The number of phenolic OH excluding ortho intramolecular Hbond substituents is 1. The Hall–Kier alpha value is -3.64. The smallest absolute Gasteiger partial charge is 0.257 e. The summed E-state index contributed by atoms with van der Waals surface area (Å²) < 4.78 is 0. The predicted molar refractivity (Wildman–Crippen MR) is 110 cm³/mol. The highest BCUT2D eigenvalue weighted by Gasteiger charge is 2.17. The second-order valence-electron chi connectivity index (χ2n) is 6.50. The van der Waals surface area contributed by atoms with Crippen LogP contribution in [0.5, 0.6) is 5.75 Å². The molecule has 4 aromatic rings. The third-order valence-electron chi connectivity index (χ3n) is 4.56. The number of anilines is 1. The number of carbonyl (C=O) groups excluding carboxylic acids is 1. The number of benzene rings is 3. The molecule has 0 aliphatic heterocycles. The maximum Gasteiger partial charge on any atom is 0.257 e. The van der Waals surface area contributed by atoms with Crippen molar-refractivity contribution in [2.75, 3.05) is 11.9 Å². The number of nitrogens with two attached hydrogens (primary N) is 1. The number of imidazole rings is 1. The average molecular weight is 372 g/mol. The van der Waals surface area contributed by atoms with Crippen molar-refractivity contribution in [3.63, 3.8) is 0 Å². The van der Waals surface area contributed by atoms with E-state index in [-0.39, 0.29) is 11.7 Å². The molecule has 0 saturated heterocycles. The topological polar surface area (TPSA) is 104 Å². The van der Waals surface area contributed by atoms with E-state index in [0.29, 0.717) is 34.7 Å². The molecule has 140 valence electrons. The van der Waals surface area contributed by atoms with Crippen LogP contribution in [0.1, 0.15) is 15.9 Å². The molecule has 3 aromatic carbocycles. The van der Waals surface area contributed by atoms with E-state index in [1.807, 2.05) is 54.6 Å². The molecule has 1 aromatic heterocycles. The first-order valence-electron chi connectivity index (χ1n) is 9.03. The molecule has 0 radical (unpaired) electrons. The van der Waals surface area contributed by atoms with Crippen molar-refractivity contribution in [1.82, 2.24) is 9.97 Å². The fraction of sp³-hybridized carbons (Fsp3) is 0.0909. The summed E-state index contributed by atoms with van der Waals surface area (Å²) in [6.45, 7) is 0.583. The van der Waals surface area contributed by atoms with Crippen molar-refractivity contribution >= 4 is 22.6 Å². The third kappa shape index (κ3) is 3.45. The molecule has 0 atom stereocenters. The molecule has 0 unspecified atom stereocenters. The minimum atomic E-state index is -0.289. The molecule has 0 saturated carbocycles. The van der Waals surface area contributed by atoms with Crippen LogP contribution in [0.2, 0.25) is 0 Å². The molecule has 6 heteroatoms. The highest BCUT2D eigenvalue weighted by atomic mass is 16.3. The Balaban J connectivity index is 1.67. The van der Waals surface area contributed by atoms with Gasteiger partial charge in [0.1, 0.15) is 22.6 Å². The van der Waals surface area contributed by atoms with Crippen molar-refractivity contribution in [3.8, 4) is 17.1 Å². The van der Waals surface area contributed by atoms with Gasteiger partial charge in [-0.1, -0.05) is 42.5 Å². The quantitative estimate of drug-likeness (QED) is 0.429. The number of carbonyl (C=O) groups is 1. The van der Waals surface area contributed by atoms with Crippen LogP contribution in [0.25, 0.3) is 22.4 Å². The summed E-state index contributed by atoms with van der Waals surface area (Å²) in [4.78, 5) is 20.5. The van der Waals surface area contributed by atoms with Gasteiger partial charge in [0.25, 0.3) is 5.91 Å². The summed E-state index contributed by atoms with van der Waals surface area (Å²) in [5.41, 5.74) is 9.49. The van der Waals surface area contributed by atoms with E-state index in [0.717, 1.165) is 17.5 Å². The fourth-order valence-electron chi connectivity index (χ4n) is 3.11. The zero-order chi connectivity index (χ0) is 19.5. The van der Waals surface area contributed by atoms with E-state index in [2.05, 4.69) is 15.3 Å². The first kappa shape index (κ1) is 17.8. The maximum atomic E-state index is 12.8. The van der Waals surface area contributed by atoms with Gasteiger partial charge in [-0.3, -0.25) is 4.79 Å². The molecule has 1 amide bonds. The van der Waals surface area contributed by atoms with E-state index in [1.54, 1.807) is 6.07 Å². The Kier molecular flexibility index (Phi) is 4.78. The van der Waals surface area contributed by atoms with Crippen LogP contribution in [-0.2, 0) is 6.42 Å². The standard InChI is InChI=1S/C22H20N4O2/c23-13-12-14-6-8-16(9-7-14)24-22(28)17-10-11-18(27)20-19(17)25-21(26-20)15-4-2-1-3-5-15/h1-11,27H,12-13,23H2,(H,24,28)(H,25,26). The number of hydrogen-bond acceptors (Lipinski definition) is 4. The molecule has 0 fully saturated rings. The number of phenols is 1. The van der Waals surface area contributed by atoms with Gasteiger partial charge in [-0.2, -0.15) is 0 Å². The molecule has 28 heavy (non-hydrogen) atoms. The third-order valence-corrected chi connectivity index (χ3v) is 4.56. The number of amides is 1. The number of aromatic amines is 1. The summed E-state index contributed by atoms with van der Waals surface area (Å²) in [6, 6.07) is 20.2. The summed E-state index contributed by atoms with van der Waals surface area (Å²) >= 11 is 0. The van der Waals surface area contributed by atoms with Gasteiger partial charge < -0.3 is 21.1 Å². The largest absolute Gasteiger partial charge is 0.506 e. The summed E-state index contributed by atoms with van der Waals surface area (Å²) in [5, 5.41) is 13.1.